The Hall–Kier alpha value is -1.63. The van der Waals surface area contributed by atoms with E-state index in [4.69, 9.17) is 5.84 Å². The number of nitrogens with two attached hydrogens (primary N) is 1. The van der Waals surface area contributed by atoms with Crippen LogP contribution in [0.2, 0.25) is 0 Å². The Bertz CT molecular complexity index is 378. The molecule has 0 saturated carbocycles. The number of nitrogen functional groups attached to an aromatic ring is 1. The molecule has 0 aromatic carbocycles. The number of hydrogen-bond acceptors (Lipinski definition) is 7. The zero-order valence-corrected chi connectivity index (χ0v) is 12.3. The largest absolute Gasteiger partial charge is 0.341 e. The van der Waals surface area contributed by atoms with Crippen molar-refractivity contribution in [2.45, 2.75) is 34.1 Å². The molecule has 1 heterocycles. The predicted octanol–water partition coefficient (Wildman–Crippen LogP) is 1.24. The minimum Gasteiger partial charge on any atom is -0.341 e. The van der Waals surface area contributed by atoms with Gasteiger partial charge in [0.25, 0.3) is 0 Å². The van der Waals surface area contributed by atoms with Crippen LogP contribution >= 0.6 is 0 Å². The summed E-state index contributed by atoms with van der Waals surface area (Å²) in [4.78, 5) is 17.4. The van der Waals surface area contributed by atoms with Gasteiger partial charge in [-0.1, -0.05) is 6.92 Å². The molecule has 0 spiro atoms. The highest BCUT2D eigenvalue weighted by molar-refractivity contribution is 5.44. The van der Waals surface area contributed by atoms with Crippen molar-refractivity contribution < 1.29 is 0 Å². The van der Waals surface area contributed by atoms with Crippen LogP contribution in [0.15, 0.2) is 0 Å². The molecule has 0 radical (unpaired) electrons. The standard InChI is InChI=1S/C12H25N7/c1-5-9-19(8-4)12-15-10(17-13)14-11(16-12)18(6-2)7-3/h5-9,13H2,1-4H3,(H,14,15,16,17). The number of hydrazine groups is 1. The van der Waals surface area contributed by atoms with Crippen molar-refractivity contribution in [2.24, 2.45) is 5.84 Å². The monoisotopic (exact) mass is 267 g/mol. The molecule has 1 rings (SSSR count). The highest BCUT2D eigenvalue weighted by Crippen LogP contribution is 2.16. The molecular formula is C12H25N7. The van der Waals surface area contributed by atoms with E-state index in [1.807, 2.05) is 0 Å². The second-order valence-electron chi connectivity index (χ2n) is 4.16. The van der Waals surface area contributed by atoms with Gasteiger partial charge in [0.2, 0.25) is 17.8 Å². The topological polar surface area (TPSA) is 83.2 Å². The van der Waals surface area contributed by atoms with Gasteiger partial charge in [0.05, 0.1) is 0 Å². The third-order valence-electron chi connectivity index (χ3n) is 2.95. The minimum atomic E-state index is 0.404. The molecule has 0 bridgehead atoms. The third-order valence-corrected chi connectivity index (χ3v) is 2.95. The molecule has 0 amide bonds. The summed E-state index contributed by atoms with van der Waals surface area (Å²) < 4.78 is 0. The number of hydrogen-bond donors (Lipinski definition) is 2. The lowest BCUT2D eigenvalue weighted by Crippen LogP contribution is -2.30. The maximum absolute atomic E-state index is 5.45. The lowest BCUT2D eigenvalue weighted by molar-refractivity contribution is 0.745. The fourth-order valence-corrected chi connectivity index (χ4v) is 1.88. The molecule has 1 aromatic rings. The second-order valence-corrected chi connectivity index (χ2v) is 4.16. The summed E-state index contributed by atoms with van der Waals surface area (Å²) in [5.74, 6) is 7.19. The van der Waals surface area contributed by atoms with E-state index < -0.39 is 0 Å². The smallest absolute Gasteiger partial charge is 0.243 e. The van der Waals surface area contributed by atoms with Crippen molar-refractivity contribution in [3.05, 3.63) is 0 Å². The Labute approximate surface area is 115 Å². The van der Waals surface area contributed by atoms with Crippen molar-refractivity contribution in [1.82, 2.24) is 15.0 Å². The maximum Gasteiger partial charge on any atom is 0.243 e. The third kappa shape index (κ3) is 3.92. The normalized spacial score (nSPS) is 10.4. The molecule has 0 unspecified atom stereocenters. The van der Waals surface area contributed by atoms with E-state index in [0.29, 0.717) is 17.8 Å². The molecular weight excluding hydrogens is 242 g/mol. The molecule has 1 aromatic heterocycles. The Morgan fingerprint density at radius 2 is 1.42 bits per heavy atom. The van der Waals surface area contributed by atoms with E-state index in [2.05, 4.69) is 57.9 Å². The molecule has 0 saturated heterocycles. The zero-order chi connectivity index (χ0) is 14.3. The van der Waals surface area contributed by atoms with Crippen molar-refractivity contribution in [3.63, 3.8) is 0 Å². The van der Waals surface area contributed by atoms with E-state index in [1.54, 1.807) is 0 Å². The van der Waals surface area contributed by atoms with Crippen LogP contribution in [-0.2, 0) is 0 Å². The number of nitrogens with zero attached hydrogens (tertiary/aromatic N) is 5. The molecule has 0 atom stereocenters. The molecule has 0 aliphatic carbocycles. The van der Waals surface area contributed by atoms with Crippen LogP contribution in [0.25, 0.3) is 0 Å². The van der Waals surface area contributed by atoms with E-state index in [0.717, 1.165) is 32.6 Å². The van der Waals surface area contributed by atoms with Crippen LogP contribution in [-0.4, -0.2) is 41.1 Å². The van der Waals surface area contributed by atoms with Gasteiger partial charge in [-0.25, -0.2) is 5.84 Å². The van der Waals surface area contributed by atoms with Gasteiger partial charge in [-0.3, -0.25) is 5.43 Å². The molecule has 0 aliphatic heterocycles. The van der Waals surface area contributed by atoms with Crippen LogP contribution in [0.5, 0.6) is 0 Å². The lowest BCUT2D eigenvalue weighted by atomic mass is 10.4. The van der Waals surface area contributed by atoms with Gasteiger partial charge in [-0.05, 0) is 27.2 Å². The molecule has 3 N–H and O–H groups in total. The van der Waals surface area contributed by atoms with E-state index in [1.165, 1.54) is 0 Å². The van der Waals surface area contributed by atoms with E-state index in [9.17, 15) is 0 Å². The average molecular weight is 267 g/mol. The predicted molar refractivity (Wildman–Crippen MR) is 79.4 cm³/mol. The van der Waals surface area contributed by atoms with Crippen molar-refractivity contribution in [2.75, 3.05) is 41.4 Å². The Morgan fingerprint density at radius 1 is 0.895 bits per heavy atom. The van der Waals surface area contributed by atoms with Crippen LogP contribution < -0.4 is 21.1 Å². The quantitative estimate of drug-likeness (QED) is 0.541. The van der Waals surface area contributed by atoms with Gasteiger partial charge in [0.1, 0.15) is 0 Å². The fourth-order valence-electron chi connectivity index (χ4n) is 1.88. The summed E-state index contributed by atoms with van der Waals surface area (Å²) in [5, 5.41) is 0. The summed E-state index contributed by atoms with van der Waals surface area (Å²) in [6.45, 7) is 11.9. The van der Waals surface area contributed by atoms with Gasteiger partial charge in [-0.2, -0.15) is 15.0 Å². The van der Waals surface area contributed by atoms with Crippen LogP contribution in [0.1, 0.15) is 34.1 Å². The fraction of sp³-hybridized carbons (Fsp3) is 0.750. The van der Waals surface area contributed by atoms with Gasteiger partial charge >= 0.3 is 0 Å². The molecule has 108 valence electrons. The van der Waals surface area contributed by atoms with Gasteiger partial charge in [0.15, 0.2) is 0 Å². The van der Waals surface area contributed by atoms with Crippen molar-refractivity contribution in [3.8, 4) is 0 Å². The maximum atomic E-state index is 5.45. The average Bonchev–Trinajstić information content (AvgIpc) is 2.45. The lowest BCUT2D eigenvalue weighted by Gasteiger charge is -2.23. The van der Waals surface area contributed by atoms with Crippen molar-refractivity contribution in [1.29, 1.82) is 0 Å². The number of rotatable bonds is 8. The molecule has 19 heavy (non-hydrogen) atoms. The first kappa shape index (κ1) is 15.4. The van der Waals surface area contributed by atoms with Crippen LogP contribution in [0.4, 0.5) is 17.8 Å². The molecule has 0 aliphatic rings. The van der Waals surface area contributed by atoms with Crippen LogP contribution in [0, 0.1) is 0 Å². The summed E-state index contributed by atoms with van der Waals surface area (Å²) in [5.41, 5.74) is 2.52. The van der Waals surface area contributed by atoms with Gasteiger partial charge < -0.3 is 9.80 Å². The van der Waals surface area contributed by atoms with E-state index >= 15 is 0 Å². The van der Waals surface area contributed by atoms with Gasteiger partial charge in [-0.15, -0.1) is 0 Å². The molecule has 7 heteroatoms. The molecule has 0 fully saturated rings. The first-order valence-corrected chi connectivity index (χ1v) is 6.92. The number of anilines is 3. The van der Waals surface area contributed by atoms with Crippen molar-refractivity contribution >= 4 is 17.8 Å². The van der Waals surface area contributed by atoms with Crippen LogP contribution in [0.3, 0.4) is 0 Å². The minimum absolute atomic E-state index is 0.404. The highest BCUT2D eigenvalue weighted by Gasteiger charge is 2.14. The SMILES string of the molecule is CCCN(CC)c1nc(NN)nc(N(CC)CC)n1. The Balaban J connectivity index is 3.13. The zero-order valence-electron chi connectivity index (χ0n) is 12.3. The summed E-state index contributed by atoms with van der Waals surface area (Å²) in [7, 11) is 0. The highest BCUT2D eigenvalue weighted by atomic mass is 15.4. The first-order valence-electron chi connectivity index (χ1n) is 6.92. The summed E-state index contributed by atoms with van der Waals surface area (Å²) in [6, 6.07) is 0. The number of aromatic nitrogens is 3. The number of nitrogens with one attached hydrogen (secondary N) is 1. The second kappa shape index (κ2) is 7.73. The van der Waals surface area contributed by atoms with Gasteiger partial charge in [0, 0.05) is 26.2 Å². The molecule has 7 nitrogen and oxygen atoms in total. The summed E-state index contributed by atoms with van der Waals surface area (Å²) >= 11 is 0. The summed E-state index contributed by atoms with van der Waals surface area (Å²) in [6.07, 6.45) is 1.05. The Kier molecular flexibility index (Phi) is 6.27. The Morgan fingerprint density at radius 3 is 1.84 bits per heavy atom. The first-order chi connectivity index (χ1) is 9.19. The van der Waals surface area contributed by atoms with E-state index in [-0.39, 0.29) is 0 Å².